The Morgan fingerprint density at radius 3 is 2.31 bits per heavy atom. The molecule has 1 saturated heterocycles. The standard InChI is InChI=1S/C24H30N2O3/c1-16(2)13-25-23(27)22-15-26(14-21(22)18-7-5-17(3)6-8-18)24(28)19-9-11-20(29-4)12-10-19/h5-12,16,21-22H,13-15H2,1-4H3,(H,25,27)/t21-,22-/m0/s1. The van der Waals surface area contributed by atoms with Crippen molar-refractivity contribution in [3.63, 3.8) is 0 Å². The SMILES string of the molecule is COc1ccc(C(=O)N2C[C@H](C(=O)NCC(C)C)[C@H](c3ccc(C)cc3)C2)cc1. The van der Waals surface area contributed by atoms with Crippen molar-refractivity contribution >= 4 is 11.8 Å². The number of likely N-dealkylation sites (tertiary alicyclic amines) is 1. The van der Waals surface area contributed by atoms with Gasteiger partial charge in [0.2, 0.25) is 5.91 Å². The van der Waals surface area contributed by atoms with Gasteiger partial charge in [-0.25, -0.2) is 0 Å². The van der Waals surface area contributed by atoms with Crippen LogP contribution in [0.2, 0.25) is 0 Å². The number of hydrogen-bond donors (Lipinski definition) is 1. The van der Waals surface area contributed by atoms with E-state index in [4.69, 9.17) is 4.74 Å². The number of nitrogens with zero attached hydrogens (tertiary/aromatic N) is 1. The van der Waals surface area contributed by atoms with E-state index in [9.17, 15) is 9.59 Å². The molecule has 1 heterocycles. The highest BCUT2D eigenvalue weighted by Gasteiger charge is 2.40. The van der Waals surface area contributed by atoms with E-state index < -0.39 is 0 Å². The van der Waals surface area contributed by atoms with E-state index in [0.29, 0.717) is 36.9 Å². The summed E-state index contributed by atoms with van der Waals surface area (Å²) >= 11 is 0. The summed E-state index contributed by atoms with van der Waals surface area (Å²) in [6.45, 7) is 7.80. The first kappa shape index (κ1) is 20.9. The number of methoxy groups -OCH3 is 1. The van der Waals surface area contributed by atoms with E-state index in [-0.39, 0.29) is 23.7 Å². The largest absolute Gasteiger partial charge is 0.497 e. The van der Waals surface area contributed by atoms with Gasteiger partial charge < -0.3 is 15.0 Å². The zero-order chi connectivity index (χ0) is 21.0. The smallest absolute Gasteiger partial charge is 0.253 e. The lowest BCUT2D eigenvalue weighted by atomic mass is 9.88. The minimum atomic E-state index is -0.251. The van der Waals surface area contributed by atoms with Crippen molar-refractivity contribution in [1.82, 2.24) is 10.2 Å². The third-order valence-electron chi connectivity index (χ3n) is 5.47. The Morgan fingerprint density at radius 2 is 1.72 bits per heavy atom. The first-order chi connectivity index (χ1) is 13.9. The fraction of sp³-hybridized carbons (Fsp3) is 0.417. The van der Waals surface area contributed by atoms with Crippen molar-refractivity contribution < 1.29 is 14.3 Å². The Balaban J connectivity index is 1.81. The van der Waals surface area contributed by atoms with Crippen LogP contribution in [0.5, 0.6) is 5.75 Å². The zero-order valence-electron chi connectivity index (χ0n) is 17.6. The van der Waals surface area contributed by atoms with Crippen LogP contribution < -0.4 is 10.1 Å². The highest BCUT2D eigenvalue weighted by atomic mass is 16.5. The van der Waals surface area contributed by atoms with Gasteiger partial charge in [-0.3, -0.25) is 9.59 Å². The van der Waals surface area contributed by atoms with Crippen molar-refractivity contribution in [2.45, 2.75) is 26.7 Å². The third kappa shape index (κ3) is 4.97. The molecule has 3 rings (SSSR count). The van der Waals surface area contributed by atoms with Crippen LogP contribution >= 0.6 is 0 Å². The second-order valence-electron chi connectivity index (χ2n) is 8.20. The van der Waals surface area contributed by atoms with Crippen molar-refractivity contribution in [1.29, 1.82) is 0 Å². The molecule has 0 aliphatic carbocycles. The molecule has 0 radical (unpaired) electrons. The number of aryl methyl sites for hydroxylation is 1. The molecule has 2 atom stereocenters. The van der Waals surface area contributed by atoms with Crippen LogP contribution in [-0.4, -0.2) is 43.5 Å². The zero-order valence-corrected chi connectivity index (χ0v) is 17.6. The molecule has 1 aliphatic heterocycles. The lowest BCUT2D eigenvalue weighted by Crippen LogP contribution is -2.37. The summed E-state index contributed by atoms with van der Waals surface area (Å²) in [5.41, 5.74) is 2.89. The van der Waals surface area contributed by atoms with Gasteiger partial charge in [0.05, 0.1) is 13.0 Å². The van der Waals surface area contributed by atoms with Gasteiger partial charge in [-0.05, 0) is 42.7 Å². The van der Waals surface area contributed by atoms with Gasteiger partial charge in [-0.2, -0.15) is 0 Å². The fourth-order valence-corrected chi connectivity index (χ4v) is 3.74. The summed E-state index contributed by atoms with van der Waals surface area (Å²) in [4.78, 5) is 27.8. The monoisotopic (exact) mass is 394 g/mol. The van der Waals surface area contributed by atoms with Gasteiger partial charge in [-0.1, -0.05) is 43.7 Å². The van der Waals surface area contributed by atoms with Crippen molar-refractivity contribution in [2.75, 3.05) is 26.7 Å². The molecular formula is C24H30N2O3. The molecule has 5 nitrogen and oxygen atoms in total. The molecule has 0 saturated carbocycles. The summed E-state index contributed by atoms with van der Waals surface area (Å²) in [5.74, 6) is 0.809. The van der Waals surface area contributed by atoms with Crippen LogP contribution in [-0.2, 0) is 4.79 Å². The summed E-state index contributed by atoms with van der Waals surface area (Å²) in [6, 6.07) is 15.4. The Bertz CT molecular complexity index is 843. The first-order valence-corrected chi connectivity index (χ1v) is 10.2. The van der Waals surface area contributed by atoms with Gasteiger partial charge in [-0.15, -0.1) is 0 Å². The number of ether oxygens (including phenoxy) is 1. The highest BCUT2D eigenvalue weighted by Crippen LogP contribution is 2.34. The van der Waals surface area contributed by atoms with E-state index in [1.54, 1.807) is 36.3 Å². The molecule has 5 heteroatoms. The first-order valence-electron chi connectivity index (χ1n) is 10.2. The topological polar surface area (TPSA) is 58.6 Å². The number of hydrogen-bond acceptors (Lipinski definition) is 3. The third-order valence-corrected chi connectivity index (χ3v) is 5.47. The Hall–Kier alpha value is -2.82. The molecule has 2 aromatic rings. The van der Waals surface area contributed by atoms with Crippen molar-refractivity contribution in [3.05, 3.63) is 65.2 Å². The highest BCUT2D eigenvalue weighted by molar-refractivity contribution is 5.95. The van der Waals surface area contributed by atoms with E-state index in [0.717, 1.165) is 5.56 Å². The van der Waals surface area contributed by atoms with Crippen LogP contribution in [0.15, 0.2) is 48.5 Å². The minimum absolute atomic E-state index is 0.00930. The average Bonchev–Trinajstić information content (AvgIpc) is 3.17. The normalized spacial score (nSPS) is 18.7. The molecule has 1 fully saturated rings. The fourth-order valence-electron chi connectivity index (χ4n) is 3.74. The van der Waals surface area contributed by atoms with Gasteiger partial charge in [0.25, 0.3) is 5.91 Å². The average molecular weight is 395 g/mol. The summed E-state index contributed by atoms with van der Waals surface area (Å²) in [6.07, 6.45) is 0. The molecule has 1 N–H and O–H groups in total. The molecular weight excluding hydrogens is 364 g/mol. The van der Waals surface area contributed by atoms with E-state index in [2.05, 4.69) is 43.4 Å². The van der Waals surface area contributed by atoms with Crippen LogP contribution in [0.25, 0.3) is 0 Å². The van der Waals surface area contributed by atoms with Crippen molar-refractivity contribution in [2.24, 2.45) is 11.8 Å². The number of nitrogens with one attached hydrogen (secondary N) is 1. The number of benzene rings is 2. The van der Waals surface area contributed by atoms with Gasteiger partial charge >= 0.3 is 0 Å². The summed E-state index contributed by atoms with van der Waals surface area (Å²) in [7, 11) is 1.60. The van der Waals surface area contributed by atoms with Gasteiger partial charge in [0.1, 0.15) is 5.75 Å². The predicted molar refractivity (Wildman–Crippen MR) is 114 cm³/mol. The lowest BCUT2D eigenvalue weighted by Gasteiger charge is -2.19. The molecule has 0 bridgehead atoms. The molecule has 2 aromatic carbocycles. The molecule has 29 heavy (non-hydrogen) atoms. The minimum Gasteiger partial charge on any atom is -0.497 e. The van der Waals surface area contributed by atoms with Gasteiger partial charge in [0, 0.05) is 31.1 Å². The molecule has 0 aromatic heterocycles. The quantitative estimate of drug-likeness (QED) is 0.814. The number of amides is 2. The van der Waals surface area contributed by atoms with Crippen LogP contribution in [0, 0.1) is 18.8 Å². The number of carbonyl (C=O) groups is 2. The van der Waals surface area contributed by atoms with Crippen LogP contribution in [0.3, 0.4) is 0 Å². The van der Waals surface area contributed by atoms with E-state index >= 15 is 0 Å². The van der Waals surface area contributed by atoms with Crippen LogP contribution in [0.1, 0.15) is 41.3 Å². The molecule has 2 amide bonds. The van der Waals surface area contributed by atoms with E-state index in [1.807, 2.05) is 6.92 Å². The molecule has 1 aliphatic rings. The molecule has 0 spiro atoms. The van der Waals surface area contributed by atoms with Crippen LogP contribution in [0.4, 0.5) is 0 Å². The lowest BCUT2D eigenvalue weighted by molar-refractivity contribution is -0.125. The van der Waals surface area contributed by atoms with E-state index in [1.165, 1.54) is 5.56 Å². The number of rotatable bonds is 6. The molecule has 154 valence electrons. The summed E-state index contributed by atoms with van der Waals surface area (Å²) in [5, 5.41) is 3.06. The van der Waals surface area contributed by atoms with Gasteiger partial charge in [0.15, 0.2) is 0 Å². The Kier molecular flexibility index (Phi) is 6.57. The number of carbonyl (C=O) groups excluding carboxylic acids is 2. The Labute approximate surface area is 173 Å². The second-order valence-corrected chi connectivity index (χ2v) is 8.20. The summed E-state index contributed by atoms with van der Waals surface area (Å²) < 4.78 is 5.18. The van der Waals surface area contributed by atoms with Crippen molar-refractivity contribution in [3.8, 4) is 5.75 Å². The second kappa shape index (κ2) is 9.12. The maximum absolute atomic E-state index is 13.1. The maximum atomic E-state index is 13.1. The maximum Gasteiger partial charge on any atom is 0.253 e. The predicted octanol–water partition coefficient (Wildman–Crippen LogP) is 3.63. The molecule has 0 unspecified atom stereocenters. The Morgan fingerprint density at radius 1 is 1.07 bits per heavy atom.